The van der Waals surface area contributed by atoms with Crippen LogP contribution in [0.25, 0.3) is 0 Å². The average Bonchev–Trinajstić information content (AvgIpc) is 2.48. The average molecular weight is 332 g/mol. The van der Waals surface area contributed by atoms with Gasteiger partial charge in [-0.05, 0) is 12.5 Å². The van der Waals surface area contributed by atoms with Gasteiger partial charge in [0, 0.05) is 0 Å². The fourth-order valence-corrected chi connectivity index (χ4v) is 1.95. The van der Waals surface area contributed by atoms with Gasteiger partial charge in [-0.25, -0.2) is 0 Å². The minimum Gasteiger partial charge on any atom is -0.377 e. The van der Waals surface area contributed by atoms with Gasteiger partial charge in [-0.1, -0.05) is 30.3 Å². The van der Waals surface area contributed by atoms with Crippen LogP contribution >= 0.6 is 0 Å². The van der Waals surface area contributed by atoms with Crippen molar-refractivity contribution in [3.8, 4) is 0 Å². The van der Waals surface area contributed by atoms with Crippen LogP contribution < -0.4 is 0 Å². The number of benzene rings is 1. The van der Waals surface area contributed by atoms with Crippen molar-refractivity contribution in [1.29, 1.82) is 0 Å². The van der Waals surface area contributed by atoms with E-state index in [0.29, 0.717) is 26.4 Å². The van der Waals surface area contributed by atoms with Gasteiger partial charge in [-0.3, -0.25) is 4.18 Å². The van der Waals surface area contributed by atoms with Gasteiger partial charge in [-0.2, -0.15) is 8.42 Å². The van der Waals surface area contributed by atoms with Crippen molar-refractivity contribution in [3.05, 3.63) is 35.9 Å². The number of hydrogen-bond donors (Lipinski definition) is 0. The van der Waals surface area contributed by atoms with Crippen LogP contribution in [0.5, 0.6) is 0 Å². The summed E-state index contributed by atoms with van der Waals surface area (Å²) in [6.45, 7) is 4.05. The van der Waals surface area contributed by atoms with Gasteiger partial charge >= 0.3 is 0 Å². The Balaban J connectivity index is 1.94. The van der Waals surface area contributed by atoms with E-state index in [1.165, 1.54) is 0 Å². The lowest BCUT2D eigenvalue weighted by Gasteiger charge is -2.13. The van der Waals surface area contributed by atoms with Crippen LogP contribution in [0.15, 0.2) is 30.3 Å². The van der Waals surface area contributed by atoms with Crippen molar-refractivity contribution in [2.45, 2.75) is 19.6 Å². The van der Waals surface area contributed by atoms with Gasteiger partial charge < -0.3 is 14.2 Å². The maximum Gasteiger partial charge on any atom is 0.264 e. The van der Waals surface area contributed by atoms with Gasteiger partial charge in [0.25, 0.3) is 10.1 Å². The van der Waals surface area contributed by atoms with Crippen LogP contribution in [-0.4, -0.2) is 53.8 Å². The first-order valence-corrected chi connectivity index (χ1v) is 8.94. The molecule has 0 N–H and O–H groups in total. The molecule has 0 aliphatic heterocycles. The Kier molecular flexibility index (Phi) is 9.26. The Hall–Kier alpha value is -0.990. The van der Waals surface area contributed by atoms with E-state index in [1.54, 1.807) is 0 Å². The van der Waals surface area contributed by atoms with E-state index in [0.717, 1.165) is 11.8 Å². The summed E-state index contributed by atoms with van der Waals surface area (Å²) in [7, 11) is -3.39. The third kappa shape index (κ3) is 10.7. The summed E-state index contributed by atoms with van der Waals surface area (Å²) in [4.78, 5) is 0. The molecule has 0 radical (unpaired) electrons. The van der Waals surface area contributed by atoms with Crippen molar-refractivity contribution < 1.29 is 26.8 Å². The van der Waals surface area contributed by atoms with E-state index in [9.17, 15) is 8.42 Å². The molecule has 0 unspecified atom stereocenters. The molecule has 6 nitrogen and oxygen atoms in total. The third-order valence-electron chi connectivity index (χ3n) is 2.63. The van der Waals surface area contributed by atoms with E-state index in [1.807, 2.05) is 37.3 Å². The fourth-order valence-electron chi connectivity index (χ4n) is 1.57. The molecule has 22 heavy (non-hydrogen) atoms. The highest BCUT2D eigenvalue weighted by Crippen LogP contribution is 2.03. The SMILES string of the molecule is C[C@@H](COCCOCCOS(C)(=O)=O)OCc1ccccc1. The Morgan fingerprint density at radius 2 is 1.64 bits per heavy atom. The smallest absolute Gasteiger partial charge is 0.264 e. The Bertz CT molecular complexity index is 488. The molecule has 0 heterocycles. The van der Waals surface area contributed by atoms with Gasteiger partial charge in [0.2, 0.25) is 0 Å². The van der Waals surface area contributed by atoms with E-state index in [4.69, 9.17) is 14.2 Å². The van der Waals surface area contributed by atoms with Crippen molar-refractivity contribution in [2.24, 2.45) is 0 Å². The number of rotatable bonds is 12. The first-order valence-electron chi connectivity index (χ1n) is 7.13. The minimum atomic E-state index is -3.39. The molecule has 0 amide bonds. The van der Waals surface area contributed by atoms with Gasteiger partial charge in [0.1, 0.15) is 0 Å². The maximum absolute atomic E-state index is 10.7. The van der Waals surface area contributed by atoms with E-state index >= 15 is 0 Å². The third-order valence-corrected chi connectivity index (χ3v) is 3.22. The molecule has 0 bridgehead atoms. The van der Waals surface area contributed by atoms with Gasteiger partial charge in [-0.15, -0.1) is 0 Å². The van der Waals surface area contributed by atoms with Crippen LogP contribution in [0.1, 0.15) is 12.5 Å². The van der Waals surface area contributed by atoms with Crippen LogP contribution in [0, 0.1) is 0 Å². The van der Waals surface area contributed by atoms with Crippen molar-refractivity contribution in [1.82, 2.24) is 0 Å². The molecule has 0 saturated carbocycles. The second kappa shape index (κ2) is 10.7. The molecule has 1 atom stereocenters. The summed E-state index contributed by atoms with van der Waals surface area (Å²) in [5.74, 6) is 0. The van der Waals surface area contributed by atoms with Crippen LogP contribution in [0.2, 0.25) is 0 Å². The molecule has 0 aliphatic carbocycles. The lowest BCUT2D eigenvalue weighted by atomic mass is 10.2. The lowest BCUT2D eigenvalue weighted by molar-refractivity contribution is -0.0311. The summed E-state index contributed by atoms with van der Waals surface area (Å²) in [6, 6.07) is 9.95. The van der Waals surface area contributed by atoms with E-state index in [-0.39, 0.29) is 19.3 Å². The second-order valence-electron chi connectivity index (χ2n) is 4.82. The summed E-state index contributed by atoms with van der Waals surface area (Å²) >= 11 is 0. The van der Waals surface area contributed by atoms with E-state index in [2.05, 4.69) is 4.18 Å². The molecule has 0 aliphatic rings. The molecule has 7 heteroatoms. The molecule has 0 spiro atoms. The first kappa shape index (κ1) is 19.1. The van der Waals surface area contributed by atoms with Crippen molar-refractivity contribution >= 4 is 10.1 Å². The standard InChI is InChI=1S/C15H24O6S/c1-14(20-13-15-6-4-3-5-7-15)12-19-9-8-18-10-11-21-22(2,16)17/h3-7,14H,8-13H2,1-2H3/t14-/m0/s1. The minimum absolute atomic E-state index is 0.00576. The van der Waals surface area contributed by atoms with Crippen molar-refractivity contribution in [3.63, 3.8) is 0 Å². The molecule has 1 rings (SSSR count). The zero-order valence-electron chi connectivity index (χ0n) is 13.1. The van der Waals surface area contributed by atoms with Crippen LogP contribution in [-0.2, 0) is 35.1 Å². The molecule has 1 aromatic carbocycles. The zero-order valence-corrected chi connectivity index (χ0v) is 13.9. The zero-order chi connectivity index (χ0) is 16.3. The predicted octanol–water partition coefficient (Wildman–Crippen LogP) is 1.60. The predicted molar refractivity (Wildman–Crippen MR) is 83.1 cm³/mol. The Morgan fingerprint density at radius 3 is 2.32 bits per heavy atom. The monoisotopic (exact) mass is 332 g/mol. The summed E-state index contributed by atoms with van der Waals surface area (Å²) in [5, 5.41) is 0. The molecule has 126 valence electrons. The number of hydrogen-bond acceptors (Lipinski definition) is 6. The second-order valence-corrected chi connectivity index (χ2v) is 6.46. The van der Waals surface area contributed by atoms with Crippen molar-refractivity contribution in [2.75, 3.05) is 39.3 Å². The molecule has 1 aromatic rings. The molecule has 0 fully saturated rings. The lowest BCUT2D eigenvalue weighted by Crippen LogP contribution is -2.18. The Morgan fingerprint density at radius 1 is 1.00 bits per heavy atom. The largest absolute Gasteiger partial charge is 0.377 e. The summed E-state index contributed by atoms with van der Waals surface area (Å²) in [6.07, 6.45) is 1.00. The fraction of sp³-hybridized carbons (Fsp3) is 0.600. The summed E-state index contributed by atoms with van der Waals surface area (Å²) < 4.78 is 42.2. The molecular formula is C15H24O6S. The highest BCUT2D eigenvalue weighted by atomic mass is 32.2. The molecule has 0 saturated heterocycles. The normalized spacial score (nSPS) is 13.2. The number of ether oxygens (including phenoxy) is 3. The Labute approximate surface area is 132 Å². The highest BCUT2D eigenvalue weighted by Gasteiger charge is 2.03. The maximum atomic E-state index is 10.7. The van der Waals surface area contributed by atoms with E-state index < -0.39 is 10.1 Å². The van der Waals surface area contributed by atoms with Crippen LogP contribution in [0.4, 0.5) is 0 Å². The quantitative estimate of drug-likeness (QED) is 0.428. The van der Waals surface area contributed by atoms with Gasteiger partial charge in [0.05, 0.1) is 52.0 Å². The van der Waals surface area contributed by atoms with Gasteiger partial charge in [0.15, 0.2) is 0 Å². The molecule has 0 aromatic heterocycles. The molecular weight excluding hydrogens is 308 g/mol. The summed E-state index contributed by atoms with van der Waals surface area (Å²) in [5.41, 5.74) is 1.13. The topological polar surface area (TPSA) is 71.1 Å². The highest BCUT2D eigenvalue weighted by molar-refractivity contribution is 7.85. The van der Waals surface area contributed by atoms with Crippen LogP contribution in [0.3, 0.4) is 0 Å². The first-order chi connectivity index (χ1) is 10.5.